The van der Waals surface area contributed by atoms with Gasteiger partial charge in [0.05, 0.1) is 5.39 Å². The predicted molar refractivity (Wildman–Crippen MR) is 105 cm³/mol. The second-order valence-corrected chi connectivity index (χ2v) is 7.66. The summed E-state index contributed by atoms with van der Waals surface area (Å²) in [6.07, 6.45) is 2.95. The molecular formula is C20H30N4O2. The summed E-state index contributed by atoms with van der Waals surface area (Å²) in [5.41, 5.74) is 5.80. The molecule has 0 saturated heterocycles. The molecule has 1 aromatic carbocycles. The van der Waals surface area contributed by atoms with Crippen LogP contribution in [0.15, 0.2) is 29.1 Å². The van der Waals surface area contributed by atoms with Crippen LogP contribution in [-0.2, 0) is 6.54 Å². The van der Waals surface area contributed by atoms with Crippen LogP contribution in [0.5, 0.6) is 0 Å². The minimum absolute atomic E-state index is 0.141. The Hall–Kier alpha value is -2.21. The maximum Gasteiger partial charge on any atom is 0.274 e. The quantitative estimate of drug-likeness (QED) is 0.736. The van der Waals surface area contributed by atoms with Gasteiger partial charge in [-0.2, -0.15) is 5.10 Å². The van der Waals surface area contributed by atoms with Crippen molar-refractivity contribution in [2.24, 2.45) is 11.1 Å². The van der Waals surface area contributed by atoms with Crippen LogP contribution in [0.25, 0.3) is 10.8 Å². The first-order valence-electron chi connectivity index (χ1n) is 9.26. The van der Waals surface area contributed by atoms with Gasteiger partial charge in [0.25, 0.3) is 11.5 Å². The van der Waals surface area contributed by atoms with Crippen LogP contribution in [0.2, 0.25) is 0 Å². The maximum atomic E-state index is 13.1. The van der Waals surface area contributed by atoms with Crippen LogP contribution >= 0.6 is 0 Å². The molecule has 0 saturated carbocycles. The Morgan fingerprint density at radius 3 is 2.50 bits per heavy atom. The normalized spacial score (nSPS) is 11.7. The number of benzene rings is 1. The van der Waals surface area contributed by atoms with Gasteiger partial charge in [-0.05, 0) is 24.4 Å². The fourth-order valence-electron chi connectivity index (χ4n) is 3.02. The van der Waals surface area contributed by atoms with Gasteiger partial charge in [0.15, 0.2) is 5.69 Å². The Kier molecular flexibility index (Phi) is 6.53. The summed E-state index contributed by atoms with van der Waals surface area (Å²) in [7, 11) is 1.75. The average Bonchev–Trinajstić information content (AvgIpc) is 2.63. The highest BCUT2D eigenvalue weighted by Gasteiger charge is 2.25. The van der Waals surface area contributed by atoms with Gasteiger partial charge in [0.1, 0.15) is 0 Å². The number of hydrogen-bond donors (Lipinski definition) is 1. The number of carbonyl (C=O) groups is 1. The van der Waals surface area contributed by atoms with E-state index >= 15 is 0 Å². The standard InChI is InChI=1S/C20H30N4O2/c1-5-6-9-12-24-18(25)16-11-8-7-10-15(16)17(22-24)19(26)23(4)14-20(2,3)13-21/h7-8,10-11H,5-6,9,12-14,21H2,1-4H3. The molecule has 6 heteroatoms. The molecule has 0 radical (unpaired) electrons. The van der Waals surface area contributed by atoms with Crippen LogP contribution < -0.4 is 11.3 Å². The van der Waals surface area contributed by atoms with Crippen LogP contribution in [0.4, 0.5) is 0 Å². The smallest absolute Gasteiger partial charge is 0.274 e. The molecule has 1 heterocycles. The number of amides is 1. The highest BCUT2D eigenvalue weighted by atomic mass is 16.2. The van der Waals surface area contributed by atoms with Gasteiger partial charge in [-0.15, -0.1) is 0 Å². The third kappa shape index (κ3) is 4.49. The van der Waals surface area contributed by atoms with E-state index in [1.54, 1.807) is 24.1 Å². The first kappa shape index (κ1) is 20.1. The fraction of sp³-hybridized carbons (Fsp3) is 0.550. The third-order valence-electron chi connectivity index (χ3n) is 4.61. The summed E-state index contributed by atoms with van der Waals surface area (Å²) in [6.45, 7) is 7.68. The number of nitrogens with zero attached hydrogens (tertiary/aromatic N) is 3. The molecule has 2 rings (SSSR count). The molecule has 0 spiro atoms. The van der Waals surface area contributed by atoms with E-state index in [1.165, 1.54) is 4.68 Å². The van der Waals surface area contributed by atoms with E-state index in [9.17, 15) is 9.59 Å². The second kappa shape index (κ2) is 8.45. The zero-order valence-electron chi connectivity index (χ0n) is 16.3. The van der Waals surface area contributed by atoms with Crippen molar-refractivity contribution < 1.29 is 4.79 Å². The number of fused-ring (bicyclic) bond motifs is 1. The number of aryl methyl sites for hydroxylation is 1. The lowest BCUT2D eigenvalue weighted by Crippen LogP contribution is -2.40. The monoisotopic (exact) mass is 358 g/mol. The van der Waals surface area contributed by atoms with Crippen molar-refractivity contribution in [3.05, 3.63) is 40.3 Å². The summed E-state index contributed by atoms with van der Waals surface area (Å²) >= 11 is 0. The lowest BCUT2D eigenvalue weighted by Gasteiger charge is -2.29. The molecule has 1 aromatic heterocycles. The summed E-state index contributed by atoms with van der Waals surface area (Å²) in [6, 6.07) is 7.19. The van der Waals surface area contributed by atoms with Crippen LogP contribution in [0.1, 0.15) is 50.5 Å². The van der Waals surface area contributed by atoms with Crippen molar-refractivity contribution in [3.63, 3.8) is 0 Å². The zero-order chi connectivity index (χ0) is 19.3. The molecule has 0 bridgehead atoms. The topological polar surface area (TPSA) is 81.2 Å². The van der Waals surface area contributed by atoms with E-state index in [-0.39, 0.29) is 16.9 Å². The van der Waals surface area contributed by atoms with Gasteiger partial charge < -0.3 is 10.6 Å². The van der Waals surface area contributed by atoms with Gasteiger partial charge in [0.2, 0.25) is 0 Å². The van der Waals surface area contributed by atoms with E-state index in [0.717, 1.165) is 19.3 Å². The molecular weight excluding hydrogens is 328 g/mol. The fourth-order valence-corrected chi connectivity index (χ4v) is 3.02. The maximum absolute atomic E-state index is 13.1. The molecule has 2 N–H and O–H groups in total. The van der Waals surface area contributed by atoms with E-state index in [0.29, 0.717) is 36.1 Å². The van der Waals surface area contributed by atoms with Gasteiger partial charge in [0, 0.05) is 25.5 Å². The number of carbonyl (C=O) groups excluding carboxylic acids is 1. The minimum atomic E-state index is -0.188. The van der Waals surface area contributed by atoms with Gasteiger partial charge in [-0.3, -0.25) is 9.59 Å². The Morgan fingerprint density at radius 2 is 1.88 bits per heavy atom. The van der Waals surface area contributed by atoms with Crippen LogP contribution in [-0.4, -0.2) is 40.7 Å². The van der Waals surface area contributed by atoms with Gasteiger partial charge in [-0.25, -0.2) is 4.68 Å². The van der Waals surface area contributed by atoms with E-state index in [4.69, 9.17) is 5.73 Å². The van der Waals surface area contributed by atoms with Crippen molar-refractivity contribution in [1.82, 2.24) is 14.7 Å². The van der Waals surface area contributed by atoms with E-state index in [1.807, 2.05) is 26.0 Å². The number of nitrogens with two attached hydrogens (primary N) is 1. The van der Waals surface area contributed by atoms with E-state index in [2.05, 4.69) is 12.0 Å². The molecule has 0 unspecified atom stereocenters. The van der Waals surface area contributed by atoms with E-state index < -0.39 is 0 Å². The molecule has 0 atom stereocenters. The molecule has 0 aliphatic carbocycles. The Balaban J connectivity index is 2.46. The molecule has 6 nitrogen and oxygen atoms in total. The van der Waals surface area contributed by atoms with Crippen molar-refractivity contribution in [2.75, 3.05) is 20.1 Å². The van der Waals surface area contributed by atoms with Crippen molar-refractivity contribution in [1.29, 1.82) is 0 Å². The summed E-state index contributed by atoms with van der Waals surface area (Å²) in [5.74, 6) is -0.188. The second-order valence-electron chi connectivity index (χ2n) is 7.66. The first-order chi connectivity index (χ1) is 12.3. The molecule has 0 aliphatic heterocycles. The molecule has 26 heavy (non-hydrogen) atoms. The van der Waals surface area contributed by atoms with Crippen molar-refractivity contribution in [3.8, 4) is 0 Å². The van der Waals surface area contributed by atoms with Crippen molar-refractivity contribution in [2.45, 2.75) is 46.6 Å². The average molecular weight is 358 g/mol. The number of aromatic nitrogens is 2. The third-order valence-corrected chi connectivity index (χ3v) is 4.61. The molecule has 0 aliphatic rings. The highest BCUT2D eigenvalue weighted by Crippen LogP contribution is 2.19. The van der Waals surface area contributed by atoms with Crippen LogP contribution in [0, 0.1) is 5.41 Å². The van der Waals surface area contributed by atoms with Gasteiger partial charge in [-0.1, -0.05) is 51.8 Å². The largest absolute Gasteiger partial charge is 0.340 e. The number of rotatable bonds is 8. The summed E-state index contributed by atoms with van der Waals surface area (Å²) in [5, 5.41) is 5.57. The highest BCUT2D eigenvalue weighted by molar-refractivity contribution is 6.04. The molecule has 1 amide bonds. The lowest BCUT2D eigenvalue weighted by molar-refractivity contribution is 0.0734. The molecule has 142 valence electrons. The predicted octanol–water partition coefficient (Wildman–Crippen LogP) is 2.64. The molecule has 2 aromatic rings. The molecule has 0 fully saturated rings. The van der Waals surface area contributed by atoms with Crippen LogP contribution in [0.3, 0.4) is 0 Å². The van der Waals surface area contributed by atoms with Gasteiger partial charge >= 0.3 is 0 Å². The number of unbranched alkanes of at least 4 members (excludes halogenated alkanes) is 2. The SMILES string of the molecule is CCCCCn1nc(C(=O)N(C)CC(C)(C)CN)c2ccccc2c1=O. The first-order valence-corrected chi connectivity index (χ1v) is 9.26. The van der Waals surface area contributed by atoms with Crippen molar-refractivity contribution >= 4 is 16.7 Å². The Labute approximate surface area is 155 Å². The minimum Gasteiger partial charge on any atom is -0.340 e. The Bertz CT molecular complexity index is 826. The number of hydrogen-bond acceptors (Lipinski definition) is 4. The zero-order valence-corrected chi connectivity index (χ0v) is 16.3. The lowest BCUT2D eigenvalue weighted by atomic mass is 9.93. The summed E-state index contributed by atoms with van der Waals surface area (Å²) in [4.78, 5) is 27.4. The summed E-state index contributed by atoms with van der Waals surface area (Å²) < 4.78 is 1.44. The Morgan fingerprint density at radius 1 is 1.23 bits per heavy atom.